The van der Waals surface area contributed by atoms with Crippen LogP contribution in [0, 0.1) is 12.3 Å². The van der Waals surface area contributed by atoms with E-state index in [1.807, 2.05) is 37.3 Å². The van der Waals surface area contributed by atoms with Gasteiger partial charge in [-0.05, 0) is 50.5 Å². The fourth-order valence-corrected chi connectivity index (χ4v) is 2.25. The van der Waals surface area contributed by atoms with Crippen molar-refractivity contribution < 1.29 is 9.90 Å². The molecule has 0 aliphatic carbocycles. The fraction of sp³-hybridized carbons (Fsp3) is 0.294. The Kier molecular flexibility index (Phi) is 3.98. The van der Waals surface area contributed by atoms with E-state index in [1.54, 1.807) is 19.9 Å². The SMILES string of the molecule is Cc1ccc(N)nc1-c1cccc(CC(C)(C)C(=O)O)c1. The molecule has 0 unspecified atom stereocenters. The lowest BCUT2D eigenvalue weighted by atomic mass is 9.85. The van der Waals surface area contributed by atoms with Gasteiger partial charge in [0.2, 0.25) is 0 Å². The first kappa shape index (κ1) is 15.0. The number of aromatic nitrogens is 1. The lowest BCUT2D eigenvalue weighted by molar-refractivity contribution is -0.146. The van der Waals surface area contributed by atoms with E-state index in [0.717, 1.165) is 22.4 Å². The van der Waals surface area contributed by atoms with Crippen LogP contribution in [0.4, 0.5) is 5.82 Å². The molecule has 0 spiro atoms. The van der Waals surface area contributed by atoms with Gasteiger partial charge in [0.15, 0.2) is 0 Å². The Morgan fingerprint density at radius 2 is 2.00 bits per heavy atom. The highest BCUT2D eigenvalue weighted by molar-refractivity contribution is 5.74. The van der Waals surface area contributed by atoms with Gasteiger partial charge in [0.25, 0.3) is 0 Å². The van der Waals surface area contributed by atoms with Crippen LogP contribution < -0.4 is 5.73 Å². The molecule has 0 atom stereocenters. The van der Waals surface area contributed by atoms with Crippen molar-refractivity contribution in [3.63, 3.8) is 0 Å². The van der Waals surface area contributed by atoms with Crippen molar-refractivity contribution in [3.8, 4) is 11.3 Å². The second kappa shape index (κ2) is 5.56. The van der Waals surface area contributed by atoms with Crippen molar-refractivity contribution in [1.82, 2.24) is 4.98 Å². The number of anilines is 1. The van der Waals surface area contributed by atoms with Gasteiger partial charge in [-0.1, -0.05) is 24.3 Å². The van der Waals surface area contributed by atoms with Crippen LogP contribution in [-0.2, 0) is 11.2 Å². The number of pyridine rings is 1. The van der Waals surface area contributed by atoms with E-state index in [2.05, 4.69) is 4.98 Å². The van der Waals surface area contributed by atoms with Crippen molar-refractivity contribution in [2.24, 2.45) is 5.41 Å². The van der Waals surface area contributed by atoms with Gasteiger partial charge in [-0.15, -0.1) is 0 Å². The Balaban J connectivity index is 2.38. The van der Waals surface area contributed by atoms with Crippen LogP contribution in [0.25, 0.3) is 11.3 Å². The molecule has 3 N–H and O–H groups in total. The van der Waals surface area contributed by atoms with Gasteiger partial charge >= 0.3 is 5.97 Å². The van der Waals surface area contributed by atoms with E-state index in [-0.39, 0.29) is 0 Å². The average molecular weight is 284 g/mol. The van der Waals surface area contributed by atoms with E-state index < -0.39 is 11.4 Å². The van der Waals surface area contributed by atoms with E-state index in [0.29, 0.717) is 12.2 Å². The first-order chi connectivity index (χ1) is 9.79. The van der Waals surface area contributed by atoms with Crippen molar-refractivity contribution in [2.75, 3.05) is 5.73 Å². The summed E-state index contributed by atoms with van der Waals surface area (Å²) in [6.07, 6.45) is 0.470. The third kappa shape index (κ3) is 3.40. The van der Waals surface area contributed by atoms with Gasteiger partial charge in [0.1, 0.15) is 5.82 Å². The van der Waals surface area contributed by atoms with E-state index >= 15 is 0 Å². The maximum Gasteiger partial charge on any atom is 0.309 e. The lowest BCUT2D eigenvalue weighted by Crippen LogP contribution is -2.26. The number of nitrogens with two attached hydrogens (primary N) is 1. The topological polar surface area (TPSA) is 76.2 Å². The van der Waals surface area contributed by atoms with Crippen molar-refractivity contribution in [3.05, 3.63) is 47.5 Å². The molecule has 1 heterocycles. The molecule has 0 amide bonds. The van der Waals surface area contributed by atoms with Gasteiger partial charge in [-0.2, -0.15) is 0 Å². The Bertz CT molecular complexity index is 678. The zero-order chi connectivity index (χ0) is 15.6. The molecule has 0 saturated carbocycles. The molecule has 110 valence electrons. The summed E-state index contributed by atoms with van der Waals surface area (Å²) in [5.74, 6) is -0.321. The minimum absolute atomic E-state index is 0.470. The molecular formula is C17H20N2O2. The Hall–Kier alpha value is -2.36. The molecule has 1 aromatic carbocycles. The maximum atomic E-state index is 11.3. The predicted octanol–water partition coefficient (Wildman–Crippen LogP) is 3.29. The van der Waals surface area contributed by atoms with Crippen LogP contribution in [0.2, 0.25) is 0 Å². The average Bonchev–Trinajstić information content (AvgIpc) is 2.41. The summed E-state index contributed by atoms with van der Waals surface area (Å²) in [5.41, 5.74) is 8.77. The number of nitrogen functional groups attached to an aromatic ring is 1. The van der Waals surface area contributed by atoms with E-state index in [4.69, 9.17) is 5.73 Å². The monoisotopic (exact) mass is 284 g/mol. The highest BCUT2D eigenvalue weighted by Crippen LogP contribution is 2.27. The molecular weight excluding hydrogens is 264 g/mol. The molecule has 0 bridgehead atoms. The fourth-order valence-electron chi connectivity index (χ4n) is 2.25. The predicted molar refractivity (Wildman–Crippen MR) is 83.9 cm³/mol. The van der Waals surface area contributed by atoms with Crippen molar-refractivity contribution >= 4 is 11.8 Å². The number of aliphatic carboxylic acids is 1. The molecule has 4 nitrogen and oxygen atoms in total. The number of nitrogens with zero attached hydrogens (tertiary/aromatic N) is 1. The first-order valence-electron chi connectivity index (χ1n) is 6.85. The number of aryl methyl sites for hydroxylation is 1. The zero-order valence-corrected chi connectivity index (χ0v) is 12.6. The number of benzene rings is 1. The molecule has 1 aromatic heterocycles. The van der Waals surface area contributed by atoms with Crippen molar-refractivity contribution in [1.29, 1.82) is 0 Å². The Labute approximate surface area is 124 Å². The standard InChI is InChI=1S/C17H20N2O2/c1-11-7-8-14(18)19-15(11)13-6-4-5-12(9-13)10-17(2,3)16(20)21/h4-9H,10H2,1-3H3,(H2,18,19)(H,20,21). The molecule has 0 radical (unpaired) electrons. The second-order valence-corrected chi connectivity index (χ2v) is 5.97. The minimum atomic E-state index is -0.800. The van der Waals surface area contributed by atoms with Crippen LogP contribution in [0.5, 0.6) is 0 Å². The van der Waals surface area contributed by atoms with Gasteiger partial charge < -0.3 is 10.8 Å². The second-order valence-electron chi connectivity index (χ2n) is 5.97. The number of hydrogen-bond acceptors (Lipinski definition) is 3. The number of hydrogen-bond donors (Lipinski definition) is 2. The smallest absolute Gasteiger partial charge is 0.309 e. The molecule has 21 heavy (non-hydrogen) atoms. The number of rotatable bonds is 4. The van der Waals surface area contributed by atoms with Crippen LogP contribution in [0.15, 0.2) is 36.4 Å². The molecule has 0 fully saturated rings. The molecule has 0 aliphatic heterocycles. The normalized spacial score (nSPS) is 11.4. The van der Waals surface area contributed by atoms with E-state index in [1.165, 1.54) is 0 Å². The van der Waals surface area contributed by atoms with Gasteiger partial charge in [-0.3, -0.25) is 4.79 Å². The molecule has 2 aromatic rings. The molecule has 2 rings (SSSR count). The summed E-state index contributed by atoms with van der Waals surface area (Å²) in [7, 11) is 0. The number of carbonyl (C=O) groups is 1. The molecule has 4 heteroatoms. The molecule has 0 saturated heterocycles. The minimum Gasteiger partial charge on any atom is -0.481 e. The van der Waals surface area contributed by atoms with Crippen LogP contribution in [0.3, 0.4) is 0 Å². The van der Waals surface area contributed by atoms with Gasteiger partial charge in [0.05, 0.1) is 11.1 Å². The van der Waals surface area contributed by atoms with Crippen LogP contribution in [0.1, 0.15) is 25.0 Å². The Morgan fingerprint density at radius 1 is 1.29 bits per heavy atom. The number of carboxylic acids is 1. The van der Waals surface area contributed by atoms with E-state index in [9.17, 15) is 9.90 Å². The molecule has 0 aliphatic rings. The lowest BCUT2D eigenvalue weighted by Gasteiger charge is -2.19. The summed E-state index contributed by atoms with van der Waals surface area (Å²) in [4.78, 5) is 15.6. The largest absolute Gasteiger partial charge is 0.481 e. The maximum absolute atomic E-state index is 11.3. The van der Waals surface area contributed by atoms with Gasteiger partial charge in [0, 0.05) is 5.56 Å². The number of carboxylic acid groups (broad SMARTS) is 1. The van der Waals surface area contributed by atoms with Crippen molar-refractivity contribution in [2.45, 2.75) is 27.2 Å². The summed E-state index contributed by atoms with van der Waals surface area (Å²) >= 11 is 0. The highest BCUT2D eigenvalue weighted by Gasteiger charge is 2.27. The highest BCUT2D eigenvalue weighted by atomic mass is 16.4. The first-order valence-corrected chi connectivity index (χ1v) is 6.85. The third-order valence-corrected chi connectivity index (χ3v) is 3.54. The third-order valence-electron chi connectivity index (χ3n) is 3.54. The summed E-state index contributed by atoms with van der Waals surface area (Å²) in [5, 5.41) is 9.24. The Morgan fingerprint density at radius 3 is 2.67 bits per heavy atom. The quantitative estimate of drug-likeness (QED) is 0.903. The van der Waals surface area contributed by atoms with Gasteiger partial charge in [-0.25, -0.2) is 4.98 Å². The zero-order valence-electron chi connectivity index (χ0n) is 12.6. The summed E-state index contributed by atoms with van der Waals surface area (Å²) in [6, 6.07) is 11.5. The van der Waals surface area contributed by atoms with Crippen LogP contribution >= 0.6 is 0 Å². The summed E-state index contributed by atoms with van der Waals surface area (Å²) < 4.78 is 0. The summed E-state index contributed by atoms with van der Waals surface area (Å²) in [6.45, 7) is 5.44. The van der Waals surface area contributed by atoms with Crippen LogP contribution in [-0.4, -0.2) is 16.1 Å².